The van der Waals surface area contributed by atoms with Crippen LogP contribution >= 0.6 is 28.5 Å². The summed E-state index contributed by atoms with van der Waals surface area (Å²) in [6.45, 7) is 10.7. The Bertz CT molecular complexity index is 711. The predicted octanol–water partition coefficient (Wildman–Crippen LogP) is 7.79. The van der Waals surface area contributed by atoms with Crippen molar-refractivity contribution in [2.75, 3.05) is 0 Å². The molecule has 4 aliphatic carbocycles. The van der Waals surface area contributed by atoms with E-state index in [9.17, 15) is 4.79 Å². The number of hydrogen-bond donors (Lipinski definition) is 1. The molecule has 1 N–H and O–H groups in total. The highest BCUT2D eigenvalue weighted by molar-refractivity contribution is 14.2. The van der Waals surface area contributed by atoms with E-state index in [1.807, 2.05) is 0 Å². The van der Waals surface area contributed by atoms with Gasteiger partial charge in [0.05, 0.1) is 12.6 Å². The third-order valence-corrected chi connectivity index (χ3v) is 11.9. The third kappa shape index (κ3) is 3.63. The van der Waals surface area contributed by atoms with E-state index in [2.05, 4.69) is 55.8 Å². The number of hydrogen-bond acceptors (Lipinski definition) is 2. The summed E-state index contributed by atoms with van der Waals surface area (Å²) in [6, 6.07) is 0. The molecule has 0 spiro atoms. The number of aliphatic carboxylic acids is 1. The summed E-state index contributed by atoms with van der Waals surface area (Å²) >= 11 is 2.36. The Balaban J connectivity index is 1.57. The van der Waals surface area contributed by atoms with Gasteiger partial charge < -0.3 is 9.63 Å². The first-order valence-electron chi connectivity index (χ1n) is 12.1. The number of carboxylic acids is 1. The van der Waals surface area contributed by atoms with Gasteiger partial charge >= 0.3 is 5.97 Å². The normalized spacial score (nSPS) is 46.8. The Morgan fingerprint density at radius 3 is 2.70 bits per heavy atom. The number of carbonyl (C=O) groups is 1. The molecule has 5 heteroatoms. The lowest BCUT2D eigenvalue weighted by molar-refractivity contribution is -0.137. The Morgan fingerprint density at radius 2 is 2.00 bits per heavy atom. The highest BCUT2D eigenvalue weighted by atomic mass is 127. The van der Waals surface area contributed by atoms with E-state index in [1.165, 1.54) is 44.9 Å². The first kappa shape index (κ1) is 23.5. The molecule has 0 radical (unpaired) electrons. The molecule has 0 amide bonds. The molecule has 30 heavy (non-hydrogen) atoms. The minimum absolute atomic E-state index is 0.324. The number of fused-ring (bicyclic) bond motifs is 5. The van der Waals surface area contributed by atoms with Crippen LogP contribution in [0.15, 0.2) is 11.6 Å². The van der Waals surface area contributed by atoms with Crippen molar-refractivity contribution < 1.29 is 14.4 Å². The molecule has 0 heterocycles. The summed E-state index contributed by atoms with van der Waals surface area (Å²) in [5, 5.41) is 9.17. The smallest absolute Gasteiger partial charge is 0.303 e. The monoisotopic (exact) mass is 546 g/mol. The fraction of sp³-hybridized carbons (Fsp3) is 0.880. The maximum absolute atomic E-state index is 11.1. The molecule has 0 saturated heterocycles. The molecule has 0 aromatic carbocycles. The van der Waals surface area contributed by atoms with Gasteiger partial charge in [0, 0.05) is 6.42 Å². The summed E-state index contributed by atoms with van der Waals surface area (Å²) in [5.74, 6) is 2.16. The van der Waals surface area contributed by atoms with Crippen LogP contribution in [-0.4, -0.2) is 17.2 Å². The predicted molar refractivity (Wildman–Crippen MR) is 133 cm³/mol. The van der Waals surface area contributed by atoms with Crippen molar-refractivity contribution in [3.05, 3.63) is 11.6 Å². The van der Waals surface area contributed by atoms with Crippen molar-refractivity contribution in [1.29, 1.82) is 0 Å². The lowest BCUT2D eigenvalue weighted by atomic mass is 9.40. The van der Waals surface area contributed by atoms with Crippen LogP contribution in [0.1, 0.15) is 91.9 Å². The van der Waals surface area contributed by atoms with Gasteiger partial charge in [-0.05, 0) is 120 Å². The Labute approximate surface area is 197 Å². The van der Waals surface area contributed by atoms with E-state index in [0.717, 1.165) is 24.7 Å². The van der Waals surface area contributed by atoms with Crippen molar-refractivity contribution in [2.24, 2.45) is 39.9 Å². The standard InChI is InChI=1S/C25H40IO3P/c1-16(5-10-22(27)28)19-8-9-20-21-7-6-17-15-18(29-30-26)11-12-24(17,3)25(21,4)14-13-23(19,20)2/h6,16,18-21,30H,5,7-15H2,1-4H3,(H,27,28)/t16-,18+,19-,20+,21+,23-,24+,25+/m1/s1. The van der Waals surface area contributed by atoms with Crippen molar-refractivity contribution in [3.63, 3.8) is 0 Å². The highest BCUT2D eigenvalue weighted by Crippen LogP contribution is 2.72. The molecule has 170 valence electrons. The molecule has 4 aliphatic rings. The van der Waals surface area contributed by atoms with Gasteiger partial charge in [-0.2, -0.15) is 0 Å². The van der Waals surface area contributed by atoms with E-state index in [1.54, 1.807) is 5.57 Å². The molecule has 3 saturated carbocycles. The van der Waals surface area contributed by atoms with Gasteiger partial charge in [-0.1, -0.05) is 39.3 Å². The number of halogens is 1. The maximum Gasteiger partial charge on any atom is 0.303 e. The van der Waals surface area contributed by atoms with E-state index >= 15 is 0 Å². The van der Waals surface area contributed by atoms with Crippen LogP contribution in [0.2, 0.25) is 0 Å². The lowest BCUT2D eigenvalue weighted by Gasteiger charge is -2.64. The van der Waals surface area contributed by atoms with Gasteiger partial charge in [-0.3, -0.25) is 4.79 Å². The molecule has 0 aliphatic heterocycles. The minimum Gasteiger partial charge on any atom is -0.481 e. The average Bonchev–Trinajstić information content (AvgIpc) is 3.05. The fourth-order valence-corrected chi connectivity index (χ4v) is 10.1. The molecule has 3 fully saturated rings. The van der Waals surface area contributed by atoms with Crippen LogP contribution in [0.25, 0.3) is 0 Å². The van der Waals surface area contributed by atoms with Crippen LogP contribution < -0.4 is 0 Å². The number of allylic oxidation sites excluding steroid dienone is 1. The second-order valence-electron chi connectivity index (χ2n) is 11.6. The Hall–Kier alpha value is 0.330. The number of carboxylic acid groups (broad SMARTS) is 1. The Morgan fingerprint density at radius 1 is 1.23 bits per heavy atom. The van der Waals surface area contributed by atoms with Crippen LogP contribution in [0.5, 0.6) is 0 Å². The zero-order valence-corrected chi connectivity index (χ0v) is 22.3. The summed E-state index contributed by atoms with van der Waals surface area (Å²) in [6.07, 6.45) is 14.4. The van der Waals surface area contributed by atoms with Gasteiger partial charge in [0.1, 0.15) is 0 Å². The van der Waals surface area contributed by atoms with Gasteiger partial charge in [0.25, 0.3) is 0 Å². The van der Waals surface area contributed by atoms with Crippen molar-refractivity contribution in [1.82, 2.24) is 0 Å². The zero-order valence-electron chi connectivity index (χ0n) is 19.2. The van der Waals surface area contributed by atoms with Crippen molar-refractivity contribution in [3.8, 4) is 0 Å². The molecule has 4 rings (SSSR count). The molecular weight excluding hydrogens is 506 g/mol. The SMILES string of the molecule is C[C@H](CCC(=O)O)[C@H]1CC[C@H]2[C@@H]3CC=C4C[C@@H](OPI)CC[C@]4(C)[C@@]3(C)CC[C@]12C. The summed E-state index contributed by atoms with van der Waals surface area (Å²) in [7, 11) is 0. The highest BCUT2D eigenvalue weighted by Gasteiger charge is 2.64. The lowest BCUT2D eigenvalue weighted by Crippen LogP contribution is -2.57. The molecule has 1 unspecified atom stereocenters. The van der Waals surface area contributed by atoms with Gasteiger partial charge in [0.2, 0.25) is 0 Å². The van der Waals surface area contributed by atoms with Gasteiger partial charge in [-0.25, -0.2) is 0 Å². The van der Waals surface area contributed by atoms with Crippen molar-refractivity contribution >= 4 is 34.5 Å². The molecule has 9 atom stereocenters. The molecule has 0 aromatic heterocycles. The first-order valence-corrected chi connectivity index (χ1v) is 16.1. The van der Waals surface area contributed by atoms with Crippen LogP contribution in [0.4, 0.5) is 0 Å². The summed E-state index contributed by atoms with van der Waals surface area (Å²) < 4.78 is 6.04. The second-order valence-corrected chi connectivity index (χ2v) is 13.3. The van der Waals surface area contributed by atoms with E-state index < -0.39 is 5.97 Å². The van der Waals surface area contributed by atoms with Crippen LogP contribution in [0.3, 0.4) is 0 Å². The largest absolute Gasteiger partial charge is 0.481 e. The molecule has 0 bridgehead atoms. The quantitative estimate of drug-likeness (QED) is 0.210. The van der Waals surface area contributed by atoms with Crippen LogP contribution in [0, 0.1) is 39.9 Å². The Kier molecular flexibility index (Phi) is 6.73. The summed E-state index contributed by atoms with van der Waals surface area (Å²) in [5.41, 5.74) is 2.82. The number of rotatable bonds is 6. The van der Waals surface area contributed by atoms with Gasteiger partial charge in [-0.15, -0.1) is 0 Å². The zero-order chi connectivity index (χ0) is 21.7. The van der Waals surface area contributed by atoms with Crippen LogP contribution in [-0.2, 0) is 9.32 Å². The van der Waals surface area contributed by atoms with E-state index in [-0.39, 0.29) is 0 Å². The molecular formula is C25H40IO3P. The second kappa shape index (κ2) is 8.60. The topological polar surface area (TPSA) is 46.5 Å². The third-order valence-electron chi connectivity index (χ3n) is 10.7. The maximum atomic E-state index is 11.1. The molecule has 3 nitrogen and oxygen atoms in total. The van der Waals surface area contributed by atoms with E-state index in [4.69, 9.17) is 9.63 Å². The van der Waals surface area contributed by atoms with Gasteiger partial charge in [0.15, 0.2) is 0 Å². The van der Waals surface area contributed by atoms with Crippen molar-refractivity contribution in [2.45, 2.75) is 98.0 Å². The van der Waals surface area contributed by atoms with E-state index in [0.29, 0.717) is 47.1 Å². The molecule has 0 aromatic rings. The minimum atomic E-state index is -0.640. The fourth-order valence-electron chi connectivity index (χ4n) is 8.66. The first-order chi connectivity index (χ1) is 14.2. The summed E-state index contributed by atoms with van der Waals surface area (Å²) in [4.78, 5) is 11.1. The average molecular weight is 546 g/mol.